The molecule has 0 aromatic carbocycles. The molecular weight excluding hydrogens is 554 g/mol. The average molecular weight is 604 g/mol. The number of ether oxygens (including phenoxy) is 4. The summed E-state index contributed by atoms with van der Waals surface area (Å²) in [6, 6.07) is 0.174. The van der Waals surface area contributed by atoms with Gasteiger partial charge in [-0.1, -0.05) is 30.7 Å². The molecule has 1 spiro atoms. The van der Waals surface area contributed by atoms with Gasteiger partial charge in [-0.15, -0.1) is 0 Å². The smallest absolute Gasteiger partial charge is 0.409 e. The van der Waals surface area contributed by atoms with E-state index in [-0.39, 0.29) is 48.5 Å². The van der Waals surface area contributed by atoms with Crippen LogP contribution in [0.25, 0.3) is 0 Å². The van der Waals surface area contributed by atoms with Gasteiger partial charge in [0.1, 0.15) is 23.9 Å². The maximum absolute atomic E-state index is 12.5. The Labute approximate surface area is 255 Å². The van der Waals surface area contributed by atoms with E-state index in [1.54, 1.807) is 27.1 Å². The lowest BCUT2D eigenvalue weighted by Gasteiger charge is -2.39. The van der Waals surface area contributed by atoms with Gasteiger partial charge in [0.05, 0.1) is 37.4 Å². The second kappa shape index (κ2) is 14.4. The van der Waals surface area contributed by atoms with Crippen molar-refractivity contribution in [1.82, 2.24) is 15.5 Å². The predicted molar refractivity (Wildman–Crippen MR) is 160 cm³/mol. The van der Waals surface area contributed by atoms with Crippen LogP contribution in [0, 0.1) is 5.92 Å². The van der Waals surface area contributed by atoms with Crippen molar-refractivity contribution in [3.05, 3.63) is 36.0 Å². The summed E-state index contributed by atoms with van der Waals surface area (Å²) in [7, 11) is 3.20. The maximum Gasteiger partial charge on any atom is 0.409 e. The molecule has 11 nitrogen and oxygen atoms in total. The van der Waals surface area contributed by atoms with Gasteiger partial charge in [0.2, 0.25) is 11.8 Å². The fourth-order valence-corrected chi connectivity index (χ4v) is 5.61. The van der Waals surface area contributed by atoms with E-state index in [0.29, 0.717) is 25.5 Å². The van der Waals surface area contributed by atoms with Gasteiger partial charge in [0.15, 0.2) is 0 Å². The van der Waals surface area contributed by atoms with Crippen molar-refractivity contribution in [2.24, 2.45) is 5.92 Å². The van der Waals surface area contributed by atoms with Gasteiger partial charge in [-0.3, -0.25) is 9.59 Å². The fraction of sp³-hybridized carbons (Fsp3) is 0.719. The van der Waals surface area contributed by atoms with Crippen molar-refractivity contribution in [3.63, 3.8) is 0 Å². The lowest BCUT2D eigenvalue weighted by Crippen LogP contribution is -2.51. The molecule has 4 fully saturated rings. The van der Waals surface area contributed by atoms with Crippen LogP contribution in [0.15, 0.2) is 36.0 Å². The minimum Gasteiger partial charge on any atom is -0.442 e. The molecule has 240 valence electrons. The Kier molecular flexibility index (Phi) is 11.1. The normalized spacial score (nSPS) is 35.1. The van der Waals surface area contributed by atoms with E-state index in [0.717, 1.165) is 24.8 Å². The van der Waals surface area contributed by atoms with Crippen molar-refractivity contribution in [1.29, 1.82) is 0 Å². The molecule has 4 aliphatic rings. The van der Waals surface area contributed by atoms with Gasteiger partial charge >= 0.3 is 6.09 Å². The van der Waals surface area contributed by atoms with Crippen molar-refractivity contribution >= 4 is 17.9 Å². The predicted octanol–water partition coefficient (Wildman–Crippen LogP) is 2.78. The van der Waals surface area contributed by atoms with E-state index in [9.17, 15) is 19.5 Å². The summed E-state index contributed by atoms with van der Waals surface area (Å²) < 4.78 is 23.3. The summed E-state index contributed by atoms with van der Waals surface area (Å²) in [6.07, 6.45) is 10.4. The van der Waals surface area contributed by atoms with Crippen LogP contribution in [-0.4, -0.2) is 103 Å². The number of rotatable bonds is 11. The number of carbonyl (C=O) groups is 3. The Hall–Kier alpha value is -2.73. The highest BCUT2D eigenvalue weighted by molar-refractivity contribution is 5.87. The van der Waals surface area contributed by atoms with Crippen LogP contribution < -0.4 is 10.6 Å². The molecule has 9 atom stereocenters. The number of nitrogens with zero attached hydrogens (tertiary/aromatic N) is 1. The molecule has 4 rings (SSSR count). The summed E-state index contributed by atoms with van der Waals surface area (Å²) in [5.41, 5.74) is 0.402. The SMILES string of the molecule is CC(/C=C/[C@H]1O[C@H](CC(=O)NC2CC2)C[C@@]2(CO2)[C@@H]1O)=C\C[C@@H]1O[C@H](C)[C@H](NC(=O)/C=C\[C@H](C)OC(=O)N(C)C)C[C@@H]1C. The molecule has 3 heterocycles. The number of nitrogens with one attached hydrogen (secondary N) is 2. The van der Waals surface area contributed by atoms with E-state index < -0.39 is 30.0 Å². The van der Waals surface area contributed by atoms with E-state index in [1.807, 2.05) is 26.0 Å². The molecule has 11 heteroatoms. The second-order valence-electron chi connectivity index (χ2n) is 12.9. The molecule has 1 saturated carbocycles. The summed E-state index contributed by atoms with van der Waals surface area (Å²) in [4.78, 5) is 37.8. The third-order valence-electron chi connectivity index (χ3n) is 8.58. The molecular formula is C32H49N3O8. The monoisotopic (exact) mass is 603 g/mol. The van der Waals surface area contributed by atoms with Gasteiger partial charge in [-0.05, 0) is 58.4 Å². The number of allylic oxidation sites excluding steroid dienone is 2. The number of hydrogen-bond donors (Lipinski definition) is 3. The number of amides is 3. The van der Waals surface area contributed by atoms with E-state index in [2.05, 4.69) is 23.6 Å². The van der Waals surface area contributed by atoms with Crippen molar-refractivity contribution < 1.29 is 38.4 Å². The van der Waals surface area contributed by atoms with Crippen LogP contribution in [0.5, 0.6) is 0 Å². The van der Waals surface area contributed by atoms with Crippen LogP contribution in [0.3, 0.4) is 0 Å². The second-order valence-corrected chi connectivity index (χ2v) is 12.9. The van der Waals surface area contributed by atoms with Crippen molar-refractivity contribution in [2.75, 3.05) is 20.7 Å². The summed E-state index contributed by atoms with van der Waals surface area (Å²) in [6.45, 7) is 8.26. The molecule has 1 aliphatic carbocycles. The molecule has 0 bridgehead atoms. The Bertz CT molecular complexity index is 1100. The number of aliphatic hydroxyl groups excluding tert-OH is 1. The number of aliphatic hydroxyl groups is 1. The highest BCUT2D eigenvalue weighted by atomic mass is 16.6. The molecule has 3 saturated heterocycles. The van der Waals surface area contributed by atoms with Crippen LogP contribution in [0.2, 0.25) is 0 Å². The minimum atomic E-state index is -0.778. The lowest BCUT2D eigenvalue weighted by molar-refractivity contribution is -0.145. The standard InChI is InChI=1S/C32H49N3O8/c1-19(8-13-27-30(38)32(18-40-32)17-24(43-27)16-29(37)33-23-10-11-23)7-12-26-20(2)15-25(22(4)42-26)34-28(36)14-9-21(3)41-31(39)35(5)6/h7-9,13-14,20-27,30,38H,10-12,15-18H2,1-6H3,(H,33,37)(H,34,36)/b13-8+,14-9-,19-7+/t20-,21-,22+,24+,25+,26-,27+,30+,32+/m0/s1. The molecule has 43 heavy (non-hydrogen) atoms. The van der Waals surface area contributed by atoms with Gasteiger partial charge in [0, 0.05) is 32.6 Å². The van der Waals surface area contributed by atoms with Crippen molar-refractivity contribution in [2.45, 2.75) is 121 Å². The van der Waals surface area contributed by atoms with Gasteiger partial charge in [0.25, 0.3) is 0 Å². The highest BCUT2D eigenvalue weighted by Gasteiger charge is 2.58. The quantitative estimate of drug-likeness (QED) is 0.186. The topological polar surface area (TPSA) is 139 Å². The zero-order valence-corrected chi connectivity index (χ0v) is 26.3. The Balaban J connectivity index is 1.24. The third-order valence-corrected chi connectivity index (χ3v) is 8.58. The minimum absolute atomic E-state index is 0.00141. The zero-order valence-electron chi connectivity index (χ0n) is 26.3. The van der Waals surface area contributed by atoms with E-state index in [1.165, 1.54) is 11.0 Å². The highest BCUT2D eigenvalue weighted by Crippen LogP contribution is 2.43. The number of carbonyl (C=O) groups excluding carboxylic acids is 3. The van der Waals surface area contributed by atoms with E-state index in [4.69, 9.17) is 18.9 Å². The lowest BCUT2D eigenvalue weighted by atomic mass is 9.87. The van der Waals surface area contributed by atoms with Crippen LogP contribution >= 0.6 is 0 Å². The molecule has 0 unspecified atom stereocenters. The van der Waals surface area contributed by atoms with Crippen LogP contribution in [-0.2, 0) is 28.5 Å². The molecule has 3 N–H and O–H groups in total. The number of epoxide rings is 1. The van der Waals surface area contributed by atoms with Crippen LogP contribution in [0.4, 0.5) is 4.79 Å². The van der Waals surface area contributed by atoms with Gasteiger partial charge < -0.3 is 39.6 Å². The summed E-state index contributed by atoms with van der Waals surface area (Å²) >= 11 is 0. The molecule has 0 radical (unpaired) electrons. The largest absolute Gasteiger partial charge is 0.442 e. The van der Waals surface area contributed by atoms with Gasteiger partial charge in [-0.2, -0.15) is 0 Å². The summed E-state index contributed by atoms with van der Waals surface area (Å²) in [5, 5.41) is 16.9. The van der Waals surface area contributed by atoms with Gasteiger partial charge in [-0.25, -0.2) is 4.79 Å². The Morgan fingerprint density at radius 3 is 2.51 bits per heavy atom. The average Bonchev–Trinajstić information content (AvgIpc) is 3.88. The van der Waals surface area contributed by atoms with Crippen LogP contribution in [0.1, 0.15) is 66.2 Å². The van der Waals surface area contributed by atoms with Crippen molar-refractivity contribution in [3.8, 4) is 0 Å². The maximum atomic E-state index is 12.5. The third kappa shape index (κ3) is 9.63. The Morgan fingerprint density at radius 2 is 1.86 bits per heavy atom. The molecule has 3 aliphatic heterocycles. The zero-order chi connectivity index (χ0) is 31.3. The molecule has 3 amide bonds. The number of hydrogen-bond acceptors (Lipinski definition) is 8. The first-order chi connectivity index (χ1) is 20.3. The first-order valence-electron chi connectivity index (χ1n) is 15.5. The molecule has 0 aromatic heterocycles. The summed E-state index contributed by atoms with van der Waals surface area (Å²) in [5.74, 6) is -0.0440. The fourth-order valence-electron chi connectivity index (χ4n) is 5.61. The van der Waals surface area contributed by atoms with E-state index >= 15 is 0 Å². The first kappa shape index (κ1) is 33.2. The Morgan fingerprint density at radius 1 is 1.14 bits per heavy atom. The first-order valence-corrected chi connectivity index (χ1v) is 15.5. The molecule has 0 aromatic rings.